The fourth-order valence-corrected chi connectivity index (χ4v) is 1.97. The highest BCUT2D eigenvalue weighted by molar-refractivity contribution is 7.99. The first kappa shape index (κ1) is 12.3. The van der Waals surface area contributed by atoms with Gasteiger partial charge in [0.15, 0.2) is 0 Å². The molecule has 0 aliphatic rings. The molecule has 1 nitrogen and oxygen atoms in total. The van der Waals surface area contributed by atoms with Gasteiger partial charge in [0.2, 0.25) is 0 Å². The number of thioether (sulfide) groups is 1. The number of rotatable bonds is 6. The van der Waals surface area contributed by atoms with Crippen LogP contribution in [0.4, 0.5) is 0 Å². The van der Waals surface area contributed by atoms with Crippen molar-refractivity contribution in [1.82, 2.24) is 0 Å². The molecule has 0 aliphatic carbocycles. The van der Waals surface area contributed by atoms with Crippen LogP contribution in [0, 0.1) is 6.92 Å². The maximum absolute atomic E-state index is 5.42. The van der Waals surface area contributed by atoms with Gasteiger partial charge in [-0.3, -0.25) is 0 Å². The Hall–Kier alpha value is -0.730. The molecule has 0 fully saturated rings. The molecule has 0 saturated heterocycles. The largest absolute Gasteiger partial charge is 0.330 e. The average Bonchev–Trinajstić information content (AvgIpc) is 2.26. The van der Waals surface area contributed by atoms with Gasteiger partial charge in [0.05, 0.1) is 0 Å². The molecule has 1 rings (SSSR count). The summed E-state index contributed by atoms with van der Waals surface area (Å²) >= 11 is 1.93. The van der Waals surface area contributed by atoms with E-state index in [4.69, 9.17) is 5.73 Å². The second-order valence-electron chi connectivity index (χ2n) is 3.53. The molecule has 82 valence electrons. The van der Waals surface area contributed by atoms with Crippen molar-refractivity contribution in [2.75, 3.05) is 18.1 Å². The second-order valence-corrected chi connectivity index (χ2v) is 4.68. The molecule has 0 aromatic heterocycles. The quantitative estimate of drug-likeness (QED) is 0.747. The van der Waals surface area contributed by atoms with Gasteiger partial charge in [0.25, 0.3) is 0 Å². The minimum absolute atomic E-state index is 0.800. The predicted molar refractivity (Wildman–Crippen MR) is 71.2 cm³/mol. The van der Waals surface area contributed by atoms with Crippen molar-refractivity contribution in [2.45, 2.75) is 13.3 Å². The van der Waals surface area contributed by atoms with E-state index in [-0.39, 0.29) is 0 Å². The lowest BCUT2D eigenvalue weighted by Crippen LogP contribution is -1.99. The molecule has 1 aromatic carbocycles. The van der Waals surface area contributed by atoms with Crippen LogP contribution in [0.5, 0.6) is 0 Å². The van der Waals surface area contributed by atoms with Crippen LogP contribution >= 0.6 is 11.8 Å². The van der Waals surface area contributed by atoms with Crippen molar-refractivity contribution < 1.29 is 0 Å². The van der Waals surface area contributed by atoms with Gasteiger partial charge in [0.1, 0.15) is 0 Å². The highest BCUT2D eigenvalue weighted by Crippen LogP contribution is 2.07. The number of benzene rings is 1. The van der Waals surface area contributed by atoms with Crippen molar-refractivity contribution >= 4 is 17.8 Å². The van der Waals surface area contributed by atoms with Gasteiger partial charge < -0.3 is 5.73 Å². The molecule has 0 amide bonds. The zero-order valence-electron chi connectivity index (χ0n) is 9.28. The van der Waals surface area contributed by atoms with Crippen molar-refractivity contribution in [3.63, 3.8) is 0 Å². The Balaban J connectivity index is 2.23. The molecule has 0 unspecified atom stereocenters. The summed E-state index contributed by atoms with van der Waals surface area (Å²) in [5.41, 5.74) is 8.00. The molecular weight excluding hydrogens is 202 g/mol. The summed E-state index contributed by atoms with van der Waals surface area (Å²) in [5.74, 6) is 2.24. The van der Waals surface area contributed by atoms with Crippen LogP contribution in [0.3, 0.4) is 0 Å². The summed E-state index contributed by atoms with van der Waals surface area (Å²) in [6.45, 7) is 2.91. The Labute approximate surface area is 96.8 Å². The summed E-state index contributed by atoms with van der Waals surface area (Å²) in [6.07, 6.45) is 5.50. The number of nitrogens with two attached hydrogens (primary N) is 1. The fraction of sp³-hybridized carbons (Fsp3) is 0.385. The third-order valence-corrected chi connectivity index (χ3v) is 3.10. The standard InChI is InChI=1S/C13H19NS/c1-12-5-7-13(8-6-12)4-2-10-15-11-3-9-14/h2,4-8H,3,9-11,14H2,1H3. The summed E-state index contributed by atoms with van der Waals surface area (Å²) in [6, 6.07) is 8.58. The Morgan fingerprint density at radius 3 is 2.67 bits per heavy atom. The predicted octanol–water partition coefficient (Wildman–Crippen LogP) is 3.09. The first-order valence-corrected chi connectivity index (χ1v) is 6.49. The summed E-state index contributed by atoms with van der Waals surface area (Å²) in [4.78, 5) is 0. The van der Waals surface area contributed by atoms with Crippen LogP contribution in [0.2, 0.25) is 0 Å². The molecule has 2 heteroatoms. The highest BCUT2D eigenvalue weighted by atomic mass is 32.2. The van der Waals surface area contributed by atoms with E-state index in [1.807, 2.05) is 11.8 Å². The van der Waals surface area contributed by atoms with Crippen LogP contribution in [0.25, 0.3) is 6.08 Å². The maximum Gasteiger partial charge on any atom is 0.0116 e. The van der Waals surface area contributed by atoms with Gasteiger partial charge in [-0.2, -0.15) is 11.8 Å². The van der Waals surface area contributed by atoms with Crippen molar-refractivity contribution in [2.24, 2.45) is 5.73 Å². The Morgan fingerprint density at radius 1 is 1.27 bits per heavy atom. The second kappa shape index (κ2) is 7.55. The fourth-order valence-electron chi connectivity index (χ4n) is 1.20. The lowest BCUT2D eigenvalue weighted by Gasteiger charge is -1.96. The average molecular weight is 221 g/mol. The maximum atomic E-state index is 5.42. The van der Waals surface area contributed by atoms with Crippen LogP contribution in [0.15, 0.2) is 30.3 Å². The van der Waals surface area contributed by atoms with E-state index in [0.717, 1.165) is 24.5 Å². The molecule has 0 spiro atoms. The summed E-state index contributed by atoms with van der Waals surface area (Å²) < 4.78 is 0. The Morgan fingerprint density at radius 2 is 2.00 bits per heavy atom. The lowest BCUT2D eigenvalue weighted by molar-refractivity contribution is 0.944. The normalized spacial score (nSPS) is 11.1. The van der Waals surface area contributed by atoms with Crippen LogP contribution in [-0.4, -0.2) is 18.1 Å². The van der Waals surface area contributed by atoms with Gasteiger partial charge in [0, 0.05) is 5.75 Å². The van der Waals surface area contributed by atoms with E-state index in [1.165, 1.54) is 11.1 Å². The van der Waals surface area contributed by atoms with Gasteiger partial charge in [-0.25, -0.2) is 0 Å². The molecule has 0 bridgehead atoms. The molecule has 15 heavy (non-hydrogen) atoms. The van der Waals surface area contributed by atoms with E-state index in [9.17, 15) is 0 Å². The topological polar surface area (TPSA) is 26.0 Å². The first-order chi connectivity index (χ1) is 7.33. The van der Waals surface area contributed by atoms with E-state index < -0.39 is 0 Å². The van der Waals surface area contributed by atoms with Crippen LogP contribution in [0.1, 0.15) is 17.5 Å². The van der Waals surface area contributed by atoms with Crippen LogP contribution < -0.4 is 5.73 Å². The molecule has 0 saturated carbocycles. The molecule has 0 atom stereocenters. The van der Waals surface area contributed by atoms with Crippen molar-refractivity contribution in [1.29, 1.82) is 0 Å². The highest BCUT2D eigenvalue weighted by Gasteiger charge is 1.87. The Bertz CT molecular complexity index is 290. The van der Waals surface area contributed by atoms with Gasteiger partial charge in [-0.15, -0.1) is 0 Å². The van der Waals surface area contributed by atoms with E-state index in [0.29, 0.717) is 0 Å². The van der Waals surface area contributed by atoms with E-state index in [2.05, 4.69) is 43.3 Å². The third kappa shape index (κ3) is 5.65. The SMILES string of the molecule is Cc1ccc(C=CCSCCCN)cc1. The minimum atomic E-state index is 0.800. The van der Waals surface area contributed by atoms with Crippen LogP contribution in [-0.2, 0) is 0 Å². The molecule has 1 aromatic rings. The molecule has 0 radical (unpaired) electrons. The number of hydrogen-bond donors (Lipinski definition) is 1. The van der Waals surface area contributed by atoms with Gasteiger partial charge >= 0.3 is 0 Å². The van der Waals surface area contributed by atoms with Crippen molar-refractivity contribution in [3.8, 4) is 0 Å². The molecule has 0 aliphatic heterocycles. The Kier molecular flexibility index (Phi) is 6.21. The summed E-state index contributed by atoms with van der Waals surface area (Å²) in [7, 11) is 0. The van der Waals surface area contributed by atoms with Gasteiger partial charge in [-0.05, 0) is 31.2 Å². The zero-order valence-corrected chi connectivity index (χ0v) is 10.1. The zero-order chi connectivity index (χ0) is 10.9. The van der Waals surface area contributed by atoms with Gasteiger partial charge in [-0.1, -0.05) is 42.0 Å². The molecule has 2 N–H and O–H groups in total. The first-order valence-electron chi connectivity index (χ1n) is 5.34. The monoisotopic (exact) mass is 221 g/mol. The lowest BCUT2D eigenvalue weighted by atomic mass is 10.1. The minimum Gasteiger partial charge on any atom is -0.330 e. The van der Waals surface area contributed by atoms with E-state index >= 15 is 0 Å². The molecular formula is C13H19NS. The van der Waals surface area contributed by atoms with Crippen molar-refractivity contribution in [3.05, 3.63) is 41.5 Å². The smallest absolute Gasteiger partial charge is 0.0116 e. The number of hydrogen-bond acceptors (Lipinski definition) is 2. The number of aryl methyl sites for hydroxylation is 1. The molecule has 0 heterocycles. The summed E-state index contributed by atoms with van der Waals surface area (Å²) in [5, 5.41) is 0. The third-order valence-electron chi connectivity index (χ3n) is 2.09. The van der Waals surface area contributed by atoms with E-state index in [1.54, 1.807) is 0 Å².